The second-order valence-electron chi connectivity index (χ2n) is 6.01. The van der Waals surface area contributed by atoms with Crippen LogP contribution in [-0.4, -0.2) is 60.6 Å². The number of carbonyl (C=O) groups excluding carboxylic acids is 2. The molecule has 1 aromatic rings. The van der Waals surface area contributed by atoms with Crippen LogP contribution in [0.2, 0.25) is 0 Å². The monoisotopic (exact) mass is 316 g/mol. The Morgan fingerprint density at radius 2 is 1.74 bits per heavy atom. The molecule has 1 aliphatic rings. The van der Waals surface area contributed by atoms with Gasteiger partial charge in [-0.2, -0.15) is 5.10 Å². The zero-order valence-corrected chi connectivity index (χ0v) is 14.0. The van der Waals surface area contributed by atoms with E-state index in [0.717, 1.165) is 31.7 Å². The van der Waals surface area contributed by atoms with Crippen molar-refractivity contribution in [2.45, 2.75) is 20.3 Å². The van der Waals surface area contributed by atoms with Crippen LogP contribution in [0.4, 0.5) is 0 Å². The highest BCUT2D eigenvalue weighted by molar-refractivity contribution is 6.01. The van der Waals surface area contributed by atoms with Gasteiger partial charge < -0.3 is 9.80 Å². The first-order chi connectivity index (χ1) is 11.0. The van der Waals surface area contributed by atoms with Crippen LogP contribution in [0.1, 0.15) is 29.3 Å². The van der Waals surface area contributed by atoms with Crippen LogP contribution in [0, 0.1) is 6.92 Å². The molecule has 6 nitrogen and oxygen atoms in total. The van der Waals surface area contributed by atoms with Crippen LogP contribution >= 0.6 is 0 Å². The number of hydrazone groups is 1. The van der Waals surface area contributed by atoms with Gasteiger partial charge in [0.05, 0.1) is 6.42 Å². The van der Waals surface area contributed by atoms with Crippen molar-refractivity contribution in [1.29, 1.82) is 0 Å². The molecule has 0 bridgehead atoms. The topological polar surface area (TPSA) is 65.0 Å². The highest BCUT2D eigenvalue weighted by atomic mass is 16.2. The molecule has 124 valence electrons. The lowest BCUT2D eigenvalue weighted by Crippen LogP contribution is -2.47. The van der Waals surface area contributed by atoms with Crippen molar-refractivity contribution >= 4 is 17.5 Å². The SMILES string of the molecule is C/C(CC(=O)N1CCN(C)CC1)=N\NC(=O)c1ccc(C)cc1. The fourth-order valence-electron chi connectivity index (χ4n) is 2.34. The molecule has 0 spiro atoms. The normalized spacial score (nSPS) is 16.3. The molecule has 0 radical (unpaired) electrons. The van der Waals surface area contributed by atoms with E-state index >= 15 is 0 Å². The summed E-state index contributed by atoms with van der Waals surface area (Å²) in [7, 11) is 2.05. The minimum atomic E-state index is -0.267. The Labute approximate surface area is 137 Å². The molecule has 1 aromatic carbocycles. The van der Waals surface area contributed by atoms with Gasteiger partial charge >= 0.3 is 0 Å². The Morgan fingerprint density at radius 3 is 2.35 bits per heavy atom. The number of nitrogens with zero attached hydrogens (tertiary/aromatic N) is 3. The number of aryl methyl sites for hydroxylation is 1. The molecule has 1 N–H and O–H groups in total. The minimum absolute atomic E-state index is 0.0592. The number of hydrogen-bond donors (Lipinski definition) is 1. The van der Waals surface area contributed by atoms with Crippen molar-refractivity contribution in [3.8, 4) is 0 Å². The highest BCUT2D eigenvalue weighted by Crippen LogP contribution is 2.04. The summed E-state index contributed by atoms with van der Waals surface area (Å²) >= 11 is 0. The van der Waals surface area contributed by atoms with Crippen LogP contribution < -0.4 is 5.43 Å². The summed E-state index contributed by atoms with van der Waals surface area (Å²) in [5.74, 6) is -0.208. The van der Waals surface area contributed by atoms with E-state index in [2.05, 4.69) is 22.5 Å². The predicted octanol–water partition coefficient (Wildman–Crippen LogP) is 1.26. The van der Waals surface area contributed by atoms with Crippen LogP contribution in [0.3, 0.4) is 0 Å². The molecular weight excluding hydrogens is 292 g/mol. The molecule has 1 saturated heterocycles. The smallest absolute Gasteiger partial charge is 0.271 e. The lowest BCUT2D eigenvalue weighted by molar-refractivity contribution is -0.131. The van der Waals surface area contributed by atoms with E-state index in [1.807, 2.05) is 24.0 Å². The molecule has 0 aliphatic carbocycles. The second-order valence-corrected chi connectivity index (χ2v) is 6.01. The summed E-state index contributed by atoms with van der Waals surface area (Å²) in [6.45, 7) is 7.01. The fraction of sp³-hybridized carbons (Fsp3) is 0.471. The Bertz CT molecular complexity index is 587. The van der Waals surface area contributed by atoms with Gasteiger partial charge in [0, 0.05) is 37.5 Å². The van der Waals surface area contributed by atoms with Crippen molar-refractivity contribution in [1.82, 2.24) is 15.2 Å². The lowest BCUT2D eigenvalue weighted by atomic mass is 10.1. The summed E-state index contributed by atoms with van der Waals surface area (Å²) < 4.78 is 0. The Balaban J connectivity index is 1.83. The molecule has 23 heavy (non-hydrogen) atoms. The number of piperazine rings is 1. The predicted molar refractivity (Wildman–Crippen MR) is 90.4 cm³/mol. The summed E-state index contributed by atoms with van der Waals surface area (Å²) in [6.07, 6.45) is 0.234. The van der Waals surface area contributed by atoms with Gasteiger partial charge in [-0.25, -0.2) is 5.43 Å². The average Bonchev–Trinajstić information content (AvgIpc) is 2.54. The Morgan fingerprint density at radius 1 is 1.13 bits per heavy atom. The van der Waals surface area contributed by atoms with Crippen LogP contribution in [0.25, 0.3) is 0 Å². The van der Waals surface area contributed by atoms with Gasteiger partial charge in [0.15, 0.2) is 0 Å². The Hall–Kier alpha value is -2.21. The van der Waals surface area contributed by atoms with E-state index < -0.39 is 0 Å². The zero-order chi connectivity index (χ0) is 16.8. The van der Waals surface area contributed by atoms with Gasteiger partial charge in [0.2, 0.25) is 5.91 Å². The van der Waals surface area contributed by atoms with E-state index in [1.165, 1.54) is 0 Å². The van der Waals surface area contributed by atoms with E-state index in [1.54, 1.807) is 19.1 Å². The molecule has 1 fully saturated rings. The van der Waals surface area contributed by atoms with Gasteiger partial charge in [-0.15, -0.1) is 0 Å². The largest absolute Gasteiger partial charge is 0.340 e. The molecule has 0 atom stereocenters. The number of hydrogen-bond acceptors (Lipinski definition) is 4. The number of likely N-dealkylation sites (N-methyl/N-ethyl adjacent to an activating group) is 1. The molecule has 0 unspecified atom stereocenters. The summed E-state index contributed by atoms with van der Waals surface area (Å²) in [5, 5.41) is 4.03. The van der Waals surface area contributed by atoms with Crippen molar-refractivity contribution in [3.63, 3.8) is 0 Å². The Kier molecular flexibility index (Phi) is 5.87. The van der Waals surface area contributed by atoms with Crippen molar-refractivity contribution < 1.29 is 9.59 Å². The molecule has 6 heteroatoms. The van der Waals surface area contributed by atoms with Crippen molar-refractivity contribution in [2.24, 2.45) is 5.10 Å². The third-order valence-electron chi connectivity index (χ3n) is 3.93. The maximum Gasteiger partial charge on any atom is 0.271 e. The van der Waals surface area contributed by atoms with Gasteiger partial charge in [-0.3, -0.25) is 9.59 Å². The third-order valence-corrected chi connectivity index (χ3v) is 3.93. The van der Waals surface area contributed by atoms with Crippen LogP contribution in [0.5, 0.6) is 0 Å². The van der Waals surface area contributed by atoms with Crippen molar-refractivity contribution in [3.05, 3.63) is 35.4 Å². The van der Waals surface area contributed by atoms with Gasteiger partial charge in [0.25, 0.3) is 5.91 Å². The van der Waals surface area contributed by atoms with Crippen LogP contribution in [0.15, 0.2) is 29.4 Å². The minimum Gasteiger partial charge on any atom is -0.340 e. The van der Waals surface area contributed by atoms with Gasteiger partial charge in [0.1, 0.15) is 0 Å². The molecule has 0 aromatic heterocycles. The van der Waals surface area contributed by atoms with Gasteiger partial charge in [-0.05, 0) is 33.0 Å². The average molecular weight is 316 g/mol. The van der Waals surface area contributed by atoms with Crippen molar-refractivity contribution in [2.75, 3.05) is 33.2 Å². The summed E-state index contributed by atoms with van der Waals surface area (Å²) in [6, 6.07) is 7.26. The number of carbonyl (C=O) groups is 2. The summed E-state index contributed by atoms with van der Waals surface area (Å²) in [5.41, 5.74) is 4.76. The van der Waals surface area contributed by atoms with E-state index in [-0.39, 0.29) is 18.2 Å². The molecule has 1 heterocycles. The first kappa shape index (κ1) is 17.1. The molecule has 1 aliphatic heterocycles. The standard InChI is InChI=1S/C17H24N4O2/c1-13-4-6-15(7-5-13)17(23)19-18-14(2)12-16(22)21-10-8-20(3)9-11-21/h4-7H,8-12H2,1-3H3,(H,19,23)/b18-14+. The molecule has 2 amide bonds. The first-order valence-electron chi connectivity index (χ1n) is 7.82. The quantitative estimate of drug-likeness (QED) is 0.672. The van der Waals surface area contributed by atoms with E-state index in [0.29, 0.717) is 11.3 Å². The lowest BCUT2D eigenvalue weighted by Gasteiger charge is -2.32. The molecular formula is C17H24N4O2. The number of nitrogens with one attached hydrogen (secondary N) is 1. The maximum absolute atomic E-state index is 12.2. The zero-order valence-electron chi connectivity index (χ0n) is 14.0. The van der Waals surface area contributed by atoms with Crippen LogP contribution in [-0.2, 0) is 4.79 Å². The number of benzene rings is 1. The number of rotatable bonds is 4. The third kappa shape index (κ3) is 5.17. The second kappa shape index (κ2) is 7.87. The van der Waals surface area contributed by atoms with Gasteiger partial charge in [-0.1, -0.05) is 17.7 Å². The number of amides is 2. The van der Waals surface area contributed by atoms with E-state index in [9.17, 15) is 9.59 Å². The first-order valence-corrected chi connectivity index (χ1v) is 7.82. The summed E-state index contributed by atoms with van der Waals surface area (Å²) in [4.78, 5) is 28.2. The highest BCUT2D eigenvalue weighted by Gasteiger charge is 2.19. The fourth-order valence-corrected chi connectivity index (χ4v) is 2.34. The maximum atomic E-state index is 12.2. The molecule has 2 rings (SSSR count). The molecule has 0 saturated carbocycles. The van der Waals surface area contributed by atoms with E-state index in [4.69, 9.17) is 0 Å².